The van der Waals surface area contributed by atoms with E-state index in [0.29, 0.717) is 13.0 Å². The average Bonchev–Trinajstić information content (AvgIpc) is 2.64. The number of carbonyl (C=O) groups excluding carboxylic acids is 2. The second-order valence-electron chi connectivity index (χ2n) is 9.23. The molecule has 180 valence electrons. The summed E-state index contributed by atoms with van der Waals surface area (Å²) in [5.74, 6) is -0.507. The van der Waals surface area contributed by atoms with Crippen molar-refractivity contribution in [2.45, 2.75) is 110 Å². The number of carbonyl (C=O) groups is 2. The van der Waals surface area contributed by atoms with Gasteiger partial charge in [-0.05, 0) is 12.8 Å². The van der Waals surface area contributed by atoms with Crippen LogP contribution in [0, 0.1) is 0 Å². The van der Waals surface area contributed by atoms with E-state index < -0.39 is 0 Å². The molecule has 0 aromatic rings. The number of rotatable bonds is 19. The fraction of sp³-hybridized carbons (Fsp3) is 0.917. The van der Waals surface area contributed by atoms with Gasteiger partial charge in [0.15, 0.2) is 0 Å². The number of halogens is 1. The normalized spacial score (nSPS) is 12.2. The summed E-state index contributed by atoms with van der Waals surface area (Å²) in [6.07, 6.45) is 15.0. The maximum atomic E-state index is 12.1. The molecular weight excluding hydrogens is 402 g/mol. The van der Waals surface area contributed by atoms with Crippen LogP contribution in [0.4, 0.5) is 0 Å². The lowest BCUT2D eigenvalue weighted by molar-refractivity contribution is -0.870. The highest BCUT2D eigenvalue weighted by Crippen LogP contribution is 2.15. The molecule has 30 heavy (non-hydrogen) atoms. The summed E-state index contributed by atoms with van der Waals surface area (Å²) in [5, 5.41) is 0. The van der Waals surface area contributed by atoms with Crippen LogP contribution in [-0.2, 0) is 19.1 Å². The minimum Gasteiger partial charge on any atom is -1.00 e. The van der Waals surface area contributed by atoms with Gasteiger partial charge in [-0.15, -0.1) is 0 Å². The van der Waals surface area contributed by atoms with Crippen molar-refractivity contribution in [3.8, 4) is 0 Å². The molecule has 0 aliphatic rings. The zero-order valence-corrected chi connectivity index (χ0v) is 21.1. The lowest BCUT2D eigenvalue weighted by atomic mass is 10.0. The Morgan fingerprint density at radius 2 is 1.27 bits per heavy atom. The maximum absolute atomic E-state index is 12.1. The van der Waals surface area contributed by atoms with Gasteiger partial charge in [-0.2, -0.15) is 0 Å². The van der Waals surface area contributed by atoms with Crippen molar-refractivity contribution >= 4 is 11.9 Å². The van der Waals surface area contributed by atoms with E-state index in [4.69, 9.17) is 9.47 Å². The molecular formula is C24H48ClNO4. The predicted molar refractivity (Wildman–Crippen MR) is 120 cm³/mol. The summed E-state index contributed by atoms with van der Waals surface area (Å²) in [6, 6.07) is 0. The Balaban J connectivity index is 0. The molecule has 0 amide bonds. The molecule has 0 spiro atoms. The van der Waals surface area contributed by atoms with Crippen LogP contribution in [0.2, 0.25) is 0 Å². The number of ether oxygens (including phenoxy) is 2. The third kappa shape index (κ3) is 21.9. The van der Waals surface area contributed by atoms with Crippen molar-refractivity contribution in [2.75, 3.05) is 34.3 Å². The summed E-state index contributed by atoms with van der Waals surface area (Å²) in [7, 11) is 6.18. The first kappa shape index (κ1) is 31.4. The molecule has 0 heterocycles. The SMILES string of the molecule is CCCCCCCCCCCCCC(CC(=O)OCC[N+](C)(C)C)OC(=O)CC.[Cl-]. The number of unbranched alkanes of at least 4 members (excludes halogenated alkanes) is 10. The number of hydrogen-bond acceptors (Lipinski definition) is 4. The van der Waals surface area contributed by atoms with Gasteiger partial charge in [-0.3, -0.25) is 9.59 Å². The van der Waals surface area contributed by atoms with Gasteiger partial charge in [0, 0.05) is 6.42 Å². The second-order valence-corrected chi connectivity index (χ2v) is 9.23. The van der Waals surface area contributed by atoms with E-state index in [1.54, 1.807) is 6.92 Å². The minimum atomic E-state index is -0.349. The molecule has 6 heteroatoms. The third-order valence-corrected chi connectivity index (χ3v) is 5.14. The summed E-state index contributed by atoms with van der Waals surface area (Å²) in [5.41, 5.74) is 0. The van der Waals surface area contributed by atoms with Gasteiger partial charge in [-0.25, -0.2) is 0 Å². The number of nitrogens with zero attached hydrogens (tertiary/aromatic N) is 1. The van der Waals surface area contributed by atoms with E-state index in [-0.39, 0.29) is 36.9 Å². The fourth-order valence-corrected chi connectivity index (χ4v) is 3.19. The molecule has 0 fully saturated rings. The van der Waals surface area contributed by atoms with E-state index in [2.05, 4.69) is 28.1 Å². The van der Waals surface area contributed by atoms with Gasteiger partial charge in [0.05, 0.1) is 27.6 Å². The molecule has 0 saturated carbocycles. The molecule has 0 aromatic carbocycles. The molecule has 0 aromatic heterocycles. The largest absolute Gasteiger partial charge is 1.00 e. The van der Waals surface area contributed by atoms with Gasteiger partial charge >= 0.3 is 11.9 Å². The van der Waals surface area contributed by atoms with Crippen LogP contribution in [0.25, 0.3) is 0 Å². The Morgan fingerprint density at radius 1 is 0.767 bits per heavy atom. The predicted octanol–water partition coefficient (Wildman–Crippen LogP) is 2.65. The fourth-order valence-electron chi connectivity index (χ4n) is 3.19. The number of hydrogen-bond donors (Lipinski definition) is 0. The van der Waals surface area contributed by atoms with Crippen LogP contribution < -0.4 is 12.4 Å². The highest BCUT2D eigenvalue weighted by atomic mass is 35.5. The monoisotopic (exact) mass is 449 g/mol. The highest BCUT2D eigenvalue weighted by Gasteiger charge is 2.19. The Kier molecular flexibility index (Phi) is 21.0. The molecule has 0 radical (unpaired) electrons. The first-order valence-corrected chi connectivity index (χ1v) is 11.9. The summed E-state index contributed by atoms with van der Waals surface area (Å²) >= 11 is 0. The molecule has 0 rings (SSSR count). The Labute approximate surface area is 192 Å². The zero-order chi connectivity index (χ0) is 22.0. The standard InChI is InChI=1S/C24H48NO4.ClH/c1-6-8-9-10-11-12-13-14-15-16-17-18-22(29-23(26)7-2)21-24(27)28-20-19-25(3,4)5;/h22H,6-21H2,1-5H3;1H/q+1;/p-1. The number of esters is 2. The molecule has 0 saturated heterocycles. The molecule has 0 bridgehead atoms. The van der Waals surface area contributed by atoms with E-state index in [1.807, 2.05) is 0 Å². The van der Waals surface area contributed by atoms with Crippen LogP contribution in [-0.4, -0.2) is 56.8 Å². The topological polar surface area (TPSA) is 52.6 Å². The van der Waals surface area contributed by atoms with Crippen molar-refractivity contribution in [3.63, 3.8) is 0 Å². The van der Waals surface area contributed by atoms with Gasteiger partial charge < -0.3 is 26.4 Å². The molecule has 1 atom stereocenters. The van der Waals surface area contributed by atoms with Crippen LogP contribution in [0.3, 0.4) is 0 Å². The summed E-state index contributed by atoms with van der Waals surface area (Å²) < 4.78 is 11.5. The van der Waals surface area contributed by atoms with Crippen LogP contribution in [0.15, 0.2) is 0 Å². The van der Waals surface area contributed by atoms with Crippen molar-refractivity contribution in [3.05, 3.63) is 0 Å². The molecule has 5 nitrogen and oxygen atoms in total. The van der Waals surface area contributed by atoms with Gasteiger partial charge in [0.1, 0.15) is 19.3 Å². The number of quaternary nitrogens is 1. The Morgan fingerprint density at radius 3 is 1.73 bits per heavy atom. The van der Waals surface area contributed by atoms with Crippen LogP contribution >= 0.6 is 0 Å². The van der Waals surface area contributed by atoms with Gasteiger partial charge in [-0.1, -0.05) is 78.1 Å². The van der Waals surface area contributed by atoms with E-state index in [9.17, 15) is 9.59 Å². The first-order valence-electron chi connectivity index (χ1n) is 11.9. The zero-order valence-electron chi connectivity index (χ0n) is 20.3. The molecule has 0 aliphatic heterocycles. The van der Waals surface area contributed by atoms with Gasteiger partial charge in [0.2, 0.25) is 0 Å². The Hall–Kier alpha value is -0.810. The smallest absolute Gasteiger partial charge is 0.309 e. The second kappa shape index (κ2) is 20.1. The third-order valence-electron chi connectivity index (χ3n) is 5.14. The quantitative estimate of drug-likeness (QED) is 0.173. The van der Waals surface area contributed by atoms with Crippen molar-refractivity contribution in [1.29, 1.82) is 0 Å². The van der Waals surface area contributed by atoms with Crippen molar-refractivity contribution in [2.24, 2.45) is 0 Å². The van der Waals surface area contributed by atoms with Crippen LogP contribution in [0.5, 0.6) is 0 Å². The first-order chi connectivity index (χ1) is 13.8. The minimum absolute atomic E-state index is 0. The van der Waals surface area contributed by atoms with Crippen molar-refractivity contribution in [1.82, 2.24) is 0 Å². The molecule has 0 aliphatic carbocycles. The maximum Gasteiger partial charge on any atom is 0.309 e. The summed E-state index contributed by atoms with van der Waals surface area (Å²) in [4.78, 5) is 23.8. The lowest BCUT2D eigenvalue weighted by Gasteiger charge is -2.23. The van der Waals surface area contributed by atoms with Gasteiger partial charge in [0.25, 0.3) is 0 Å². The van der Waals surface area contributed by atoms with E-state index >= 15 is 0 Å². The average molecular weight is 450 g/mol. The lowest BCUT2D eigenvalue weighted by Crippen LogP contribution is -3.00. The summed E-state index contributed by atoms with van der Waals surface area (Å²) in [6.45, 7) is 5.20. The Bertz CT molecular complexity index is 424. The van der Waals surface area contributed by atoms with Crippen LogP contribution in [0.1, 0.15) is 104 Å². The highest BCUT2D eigenvalue weighted by molar-refractivity contribution is 5.72. The molecule has 0 N–H and O–H groups in total. The van der Waals surface area contributed by atoms with E-state index in [1.165, 1.54) is 57.8 Å². The molecule has 1 unspecified atom stereocenters. The number of likely N-dealkylation sites (N-methyl/N-ethyl adjacent to an activating group) is 1. The van der Waals surface area contributed by atoms with E-state index in [0.717, 1.165) is 30.3 Å². The van der Waals surface area contributed by atoms with Crippen molar-refractivity contribution < 1.29 is 36.0 Å².